The van der Waals surface area contributed by atoms with Gasteiger partial charge in [-0.2, -0.15) is 5.10 Å². The molecule has 0 bridgehead atoms. The SMILES string of the molecule is CC(C)NCCN(C)Cc1cnn2ccccc12. The summed E-state index contributed by atoms with van der Waals surface area (Å²) in [5.41, 5.74) is 2.48. The lowest BCUT2D eigenvalue weighted by atomic mass is 10.2. The molecule has 98 valence electrons. The van der Waals surface area contributed by atoms with Crippen molar-refractivity contribution in [2.24, 2.45) is 0 Å². The van der Waals surface area contributed by atoms with Gasteiger partial charge in [-0.1, -0.05) is 19.9 Å². The highest BCUT2D eigenvalue weighted by atomic mass is 15.2. The molecule has 0 aliphatic rings. The van der Waals surface area contributed by atoms with Crippen LogP contribution in [0.25, 0.3) is 5.52 Å². The van der Waals surface area contributed by atoms with Gasteiger partial charge in [0.05, 0.1) is 11.7 Å². The Morgan fingerprint density at radius 1 is 1.39 bits per heavy atom. The van der Waals surface area contributed by atoms with Crippen LogP contribution in [0.15, 0.2) is 30.6 Å². The lowest BCUT2D eigenvalue weighted by molar-refractivity contribution is 0.321. The maximum Gasteiger partial charge on any atom is 0.0706 e. The zero-order valence-corrected chi connectivity index (χ0v) is 11.4. The van der Waals surface area contributed by atoms with Gasteiger partial charge in [0.2, 0.25) is 0 Å². The first-order valence-electron chi connectivity index (χ1n) is 6.50. The van der Waals surface area contributed by atoms with Gasteiger partial charge >= 0.3 is 0 Å². The van der Waals surface area contributed by atoms with Gasteiger partial charge in [-0.3, -0.25) is 0 Å². The van der Waals surface area contributed by atoms with Gasteiger partial charge in [-0.05, 0) is 19.2 Å². The first-order chi connectivity index (χ1) is 8.66. The number of rotatable bonds is 6. The summed E-state index contributed by atoms with van der Waals surface area (Å²) in [5, 5.41) is 7.79. The van der Waals surface area contributed by atoms with Crippen LogP contribution in [-0.4, -0.2) is 40.7 Å². The maximum absolute atomic E-state index is 4.35. The number of nitrogens with zero attached hydrogens (tertiary/aromatic N) is 3. The summed E-state index contributed by atoms with van der Waals surface area (Å²) in [4.78, 5) is 2.32. The van der Waals surface area contributed by atoms with Crippen LogP contribution in [0.1, 0.15) is 19.4 Å². The summed E-state index contributed by atoms with van der Waals surface area (Å²) in [7, 11) is 2.15. The Morgan fingerprint density at radius 3 is 3.00 bits per heavy atom. The number of nitrogens with one attached hydrogen (secondary N) is 1. The molecule has 0 unspecified atom stereocenters. The van der Waals surface area contributed by atoms with E-state index in [2.05, 4.69) is 48.3 Å². The Balaban J connectivity index is 1.92. The molecule has 0 fully saturated rings. The monoisotopic (exact) mass is 246 g/mol. The maximum atomic E-state index is 4.35. The van der Waals surface area contributed by atoms with Gasteiger partial charge in [-0.15, -0.1) is 0 Å². The summed E-state index contributed by atoms with van der Waals surface area (Å²) >= 11 is 0. The summed E-state index contributed by atoms with van der Waals surface area (Å²) < 4.78 is 1.93. The van der Waals surface area contributed by atoms with Crippen molar-refractivity contribution in [3.63, 3.8) is 0 Å². The molecule has 0 radical (unpaired) electrons. The number of likely N-dealkylation sites (N-methyl/N-ethyl adjacent to an activating group) is 1. The summed E-state index contributed by atoms with van der Waals surface area (Å²) in [5.74, 6) is 0. The molecule has 0 saturated heterocycles. The molecule has 4 nitrogen and oxygen atoms in total. The highest BCUT2D eigenvalue weighted by molar-refractivity contribution is 5.53. The van der Waals surface area contributed by atoms with E-state index in [9.17, 15) is 0 Å². The molecule has 0 atom stereocenters. The van der Waals surface area contributed by atoms with Crippen LogP contribution in [0.5, 0.6) is 0 Å². The number of fused-ring (bicyclic) bond motifs is 1. The average molecular weight is 246 g/mol. The molecule has 0 saturated carbocycles. The molecule has 1 N–H and O–H groups in total. The van der Waals surface area contributed by atoms with E-state index in [4.69, 9.17) is 0 Å². The molecule has 2 aromatic rings. The average Bonchev–Trinajstić information content (AvgIpc) is 2.72. The van der Waals surface area contributed by atoms with Crippen LogP contribution in [-0.2, 0) is 6.54 Å². The fraction of sp³-hybridized carbons (Fsp3) is 0.500. The van der Waals surface area contributed by atoms with Crippen LogP contribution in [0.4, 0.5) is 0 Å². The fourth-order valence-electron chi connectivity index (χ4n) is 2.02. The van der Waals surface area contributed by atoms with Crippen molar-refractivity contribution < 1.29 is 0 Å². The Kier molecular flexibility index (Phi) is 4.33. The van der Waals surface area contributed by atoms with Crippen molar-refractivity contribution in [3.05, 3.63) is 36.2 Å². The minimum Gasteiger partial charge on any atom is -0.313 e. The number of hydrogen-bond donors (Lipinski definition) is 1. The van der Waals surface area contributed by atoms with Crippen LogP contribution < -0.4 is 5.32 Å². The van der Waals surface area contributed by atoms with E-state index in [-0.39, 0.29) is 0 Å². The first kappa shape index (κ1) is 13.1. The van der Waals surface area contributed by atoms with Crippen molar-refractivity contribution in [1.29, 1.82) is 0 Å². The summed E-state index contributed by atoms with van der Waals surface area (Å²) in [6, 6.07) is 6.72. The van der Waals surface area contributed by atoms with Crippen LogP contribution in [0.3, 0.4) is 0 Å². The minimum atomic E-state index is 0.551. The van der Waals surface area contributed by atoms with E-state index in [0.29, 0.717) is 6.04 Å². The molecule has 0 spiro atoms. The molecule has 0 amide bonds. The van der Waals surface area contributed by atoms with Crippen molar-refractivity contribution >= 4 is 5.52 Å². The Bertz CT molecular complexity index is 489. The van der Waals surface area contributed by atoms with Crippen molar-refractivity contribution in [3.8, 4) is 0 Å². The second-order valence-corrected chi connectivity index (χ2v) is 5.05. The minimum absolute atomic E-state index is 0.551. The Hall–Kier alpha value is -1.39. The third kappa shape index (κ3) is 3.31. The van der Waals surface area contributed by atoms with Gasteiger partial charge in [0.15, 0.2) is 0 Å². The molecular weight excluding hydrogens is 224 g/mol. The van der Waals surface area contributed by atoms with E-state index in [1.165, 1.54) is 11.1 Å². The van der Waals surface area contributed by atoms with Gasteiger partial charge in [0.25, 0.3) is 0 Å². The van der Waals surface area contributed by atoms with Crippen LogP contribution in [0.2, 0.25) is 0 Å². The second-order valence-electron chi connectivity index (χ2n) is 5.05. The molecule has 2 aromatic heterocycles. The molecule has 2 heterocycles. The van der Waals surface area contributed by atoms with Crippen molar-refractivity contribution in [2.45, 2.75) is 26.4 Å². The number of aromatic nitrogens is 2. The Morgan fingerprint density at radius 2 is 2.22 bits per heavy atom. The molecular formula is C14H22N4. The third-order valence-corrected chi connectivity index (χ3v) is 2.99. The first-order valence-corrected chi connectivity index (χ1v) is 6.50. The van der Waals surface area contributed by atoms with Gasteiger partial charge in [-0.25, -0.2) is 4.52 Å². The topological polar surface area (TPSA) is 32.6 Å². The summed E-state index contributed by atoms with van der Waals surface area (Å²) in [6.45, 7) is 7.35. The molecule has 0 aliphatic heterocycles. The van der Waals surface area contributed by atoms with Crippen LogP contribution >= 0.6 is 0 Å². The lowest BCUT2D eigenvalue weighted by Crippen LogP contribution is -2.32. The Labute approximate surface area is 109 Å². The number of pyridine rings is 1. The lowest BCUT2D eigenvalue weighted by Gasteiger charge is -2.17. The van der Waals surface area contributed by atoms with E-state index < -0.39 is 0 Å². The molecule has 18 heavy (non-hydrogen) atoms. The highest BCUT2D eigenvalue weighted by Crippen LogP contribution is 2.11. The molecule has 4 heteroatoms. The summed E-state index contributed by atoms with van der Waals surface area (Å²) in [6.07, 6.45) is 3.95. The predicted octanol–water partition coefficient (Wildman–Crippen LogP) is 1.76. The third-order valence-electron chi connectivity index (χ3n) is 2.99. The highest BCUT2D eigenvalue weighted by Gasteiger charge is 2.06. The van der Waals surface area contributed by atoms with Crippen molar-refractivity contribution in [1.82, 2.24) is 19.8 Å². The zero-order valence-electron chi connectivity index (χ0n) is 11.4. The van der Waals surface area contributed by atoms with E-state index in [1.807, 2.05) is 23.0 Å². The zero-order chi connectivity index (χ0) is 13.0. The number of hydrogen-bond acceptors (Lipinski definition) is 3. The van der Waals surface area contributed by atoms with Gasteiger partial charge in [0.1, 0.15) is 0 Å². The van der Waals surface area contributed by atoms with E-state index in [0.717, 1.165) is 19.6 Å². The molecule has 0 aromatic carbocycles. The van der Waals surface area contributed by atoms with Gasteiger partial charge < -0.3 is 10.2 Å². The van der Waals surface area contributed by atoms with Crippen molar-refractivity contribution in [2.75, 3.05) is 20.1 Å². The molecule has 2 rings (SSSR count). The van der Waals surface area contributed by atoms with E-state index in [1.54, 1.807) is 0 Å². The van der Waals surface area contributed by atoms with E-state index >= 15 is 0 Å². The standard InChI is InChI=1S/C14H22N4/c1-12(2)15-7-9-17(3)11-13-10-16-18-8-5-4-6-14(13)18/h4-6,8,10,12,15H,7,9,11H2,1-3H3. The predicted molar refractivity (Wildman–Crippen MR) is 74.7 cm³/mol. The quantitative estimate of drug-likeness (QED) is 0.843. The largest absolute Gasteiger partial charge is 0.313 e. The van der Waals surface area contributed by atoms with Gasteiger partial charge in [0, 0.05) is 37.4 Å². The normalized spacial score (nSPS) is 11.8. The van der Waals surface area contributed by atoms with Crippen LogP contribution in [0, 0.1) is 0 Å². The fourth-order valence-corrected chi connectivity index (χ4v) is 2.02. The smallest absolute Gasteiger partial charge is 0.0706 e. The molecule has 0 aliphatic carbocycles. The second kappa shape index (κ2) is 5.98.